The fraction of sp³-hybridized carbons (Fsp3) is 0.750. The second-order valence-corrected chi connectivity index (χ2v) is 4.18. The van der Waals surface area contributed by atoms with Crippen molar-refractivity contribution in [1.82, 2.24) is 0 Å². The van der Waals surface area contributed by atoms with E-state index in [1.54, 1.807) is 0 Å². The Morgan fingerprint density at radius 3 is 2.29 bits per heavy atom. The highest BCUT2D eigenvalue weighted by Gasteiger charge is 2.35. The molecule has 0 aromatic heterocycles. The van der Waals surface area contributed by atoms with Crippen LogP contribution in [0.5, 0.6) is 0 Å². The smallest absolute Gasteiger partial charge is 0.309 e. The van der Waals surface area contributed by atoms with Crippen molar-refractivity contribution in [2.75, 3.05) is 0 Å². The molecule has 14 heavy (non-hydrogen) atoms. The van der Waals surface area contributed by atoms with Gasteiger partial charge in [0.05, 0.1) is 5.41 Å². The van der Waals surface area contributed by atoms with Gasteiger partial charge in [-0.3, -0.25) is 4.79 Å². The Balaban J connectivity index is 4.60. The van der Waals surface area contributed by atoms with E-state index < -0.39 is 11.4 Å². The summed E-state index contributed by atoms with van der Waals surface area (Å²) >= 11 is 0. The predicted molar refractivity (Wildman–Crippen MR) is 59.3 cm³/mol. The summed E-state index contributed by atoms with van der Waals surface area (Å²) in [5.74, 6) is -0.670. The van der Waals surface area contributed by atoms with Crippen LogP contribution >= 0.6 is 0 Å². The maximum Gasteiger partial charge on any atom is 0.309 e. The fourth-order valence-electron chi connectivity index (χ4n) is 1.82. The Bertz CT molecular complexity index is 208. The molecule has 0 aromatic carbocycles. The number of aliphatic carboxylic acids is 1. The van der Waals surface area contributed by atoms with Crippen LogP contribution in [0.3, 0.4) is 0 Å². The molecular formula is C12H22O2. The predicted octanol–water partition coefficient (Wildman–Crippen LogP) is 3.62. The zero-order valence-electron chi connectivity index (χ0n) is 9.60. The van der Waals surface area contributed by atoms with Crippen LogP contribution in [0.1, 0.15) is 52.9 Å². The van der Waals surface area contributed by atoms with Gasteiger partial charge in [-0.25, -0.2) is 0 Å². The first-order valence-corrected chi connectivity index (χ1v) is 5.36. The zero-order valence-corrected chi connectivity index (χ0v) is 9.60. The highest BCUT2D eigenvalue weighted by Crippen LogP contribution is 2.35. The molecule has 0 aliphatic rings. The number of hydrogen-bond acceptors (Lipinski definition) is 1. The number of rotatable bonds is 7. The number of carboxylic acid groups (broad SMARTS) is 1. The molecule has 1 unspecified atom stereocenters. The van der Waals surface area contributed by atoms with Crippen molar-refractivity contribution >= 4 is 5.97 Å². The monoisotopic (exact) mass is 198 g/mol. The third-order valence-corrected chi connectivity index (χ3v) is 2.78. The van der Waals surface area contributed by atoms with Crippen molar-refractivity contribution in [3.05, 3.63) is 12.2 Å². The van der Waals surface area contributed by atoms with Crippen molar-refractivity contribution in [2.24, 2.45) is 5.41 Å². The summed E-state index contributed by atoms with van der Waals surface area (Å²) in [4.78, 5) is 11.3. The van der Waals surface area contributed by atoms with Crippen molar-refractivity contribution in [3.8, 4) is 0 Å². The van der Waals surface area contributed by atoms with Gasteiger partial charge in [0.2, 0.25) is 0 Å². The lowest BCUT2D eigenvalue weighted by atomic mass is 9.75. The summed E-state index contributed by atoms with van der Waals surface area (Å²) in [6.07, 6.45) is 4.09. The first kappa shape index (κ1) is 13.2. The molecule has 0 rings (SSSR count). The van der Waals surface area contributed by atoms with Crippen molar-refractivity contribution in [3.63, 3.8) is 0 Å². The molecule has 0 aliphatic heterocycles. The van der Waals surface area contributed by atoms with Gasteiger partial charge < -0.3 is 5.11 Å². The topological polar surface area (TPSA) is 37.3 Å². The van der Waals surface area contributed by atoms with Gasteiger partial charge in [0.25, 0.3) is 0 Å². The number of carboxylic acids is 1. The second kappa shape index (κ2) is 5.84. The van der Waals surface area contributed by atoms with E-state index in [4.69, 9.17) is 0 Å². The van der Waals surface area contributed by atoms with E-state index in [9.17, 15) is 9.90 Å². The van der Waals surface area contributed by atoms with Gasteiger partial charge in [0, 0.05) is 0 Å². The van der Waals surface area contributed by atoms with E-state index in [1.807, 2.05) is 13.8 Å². The van der Waals surface area contributed by atoms with Crippen LogP contribution in [-0.2, 0) is 4.79 Å². The number of hydrogen-bond donors (Lipinski definition) is 1. The minimum Gasteiger partial charge on any atom is -0.481 e. The molecule has 0 bridgehead atoms. The summed E-state index contributed by atoms with van der Waals surface area (Å²) in [6.45, 7) is 9.75. The first-order chi connectivity index (χ1) is 6.48. The maximum atomic E-state index is 11.3. The van der Waals surface area contributed by atoms with Gasteiger partial charge in [-0.2, -0.15) is 0 Å². The van der Waals surface area contributed by atoms with Crippen molar-refractivity contribution < 1.29 is 9.90 Å². The number of carbonyl (C=O) groups is 1. The molecule has 2 nitrogen and oxygen atoms in total. The summed E-state index contributed by atoms with van der Waals surface area (Å²) in [5, 5.41) is 9.26. The second-order valence-electron chi connectivity index (χ2n) is 4.18. The molecule has 0 radical (unpaired) electrons. The molecule has 1 atom stereocenters. The van der Waals surface area contributed by atoms with Crippen molar-refractivity contribution in [1.29, 1.82) is 0 Å². The van der Waals surface area contributed by atoms with Crippen LogP contribution in [-0.4, -0.2) is 11.1 Å². The van der Waals surface area contributed by atoms with Gasteiger partial charge in [0.1, 0.15) is 0 Å². The van der Waals surface area contributed by atoms with Crippen LogP contribution in [0.4, 0.5) is 0 Å². The largest absolute Gasteiger partial charge is 0.481 e. The molecule has 0 saturated carbocycles. The van der Waals surface area contributed by atoms with Gasteiger partial charge in [-0.1, -0.05) is 32.3 Å². The SMILES string of the molecule is C=C(C)CC(CC)(CCCC)C(=O)O. The standard InChI is InChI=1S/C12H22O2/c1-5-7-8-12(6-2,11(13)14)9-10(3)4/h3,5-9H2,1-2,4H3,(H,13,14). The Kier molecular flexibility index (Phi) is 5.51. The van der Waals surface area contributed by atoms with Crippen LogP contribution in [0, 0.1) is 5.41 Å². The number of unbranched alkanes of at least 4 members (excludes halogenated alkanes) is 1. The quantitative estimate of drug-likeness (QED) is 0.634. The Hall–Kier alpha value is -0.790. The van der Waals surface area contributed by atoms with Crippen LogP contribution in [0.25, 0.3) is 0 Å². The van der Waals surface area contributed by atoms with Crippen molar-refractivity contribution in [2.45, 2.75) is 52.9 Å². The Labute approximate surface area is 87.0 Å². The van der Waals surface area contributed by atoms with Gasteiger partial charge >= 0.3 is 5.97 Å². The molecule has 0 amide bonds. The van der Waals surface area contributed by atoms with Gasteiger partial charge in [0.15, 0.2) is 0 Å². The van der Waals surface area contributed by atoms with Crippen LogP contribution < -0.4 is 0 Å². The minimum absolute atomic E-state index is 0.568. The zero-order chi connectivity index (χ0) is 11.2. The Morgan fingerprint density at radius 1 is 1.43 bits per heavy atom. The third-order valence-electron chi connectivity index (χ3n) is 2.78. The van der Waals surface area contributed by atoms with E-state index in [0.29, 0.717) is 12.8 Å². The van der Waals surface area contributed by atoms with Gasteiger partial charge in [-0.15, -0.1) is 6.58 Å². The van der Waals surface area contributed by atoms with Crippen LogP contribution in [0.15, 0.2) is 12.2 Å². The minimum atomic E-state index is -0.670. The Morgan fingerprint density at radius 2 is 2.00 bits per heavy atom. The number of allylic oxidation sites excluding steroid dienone is 1. The molecule has 0 spiro atoms. The van der Waals surface area contributed by atoms with Gasteiger partial charge in [-0.05, 0) is 26.2 Å². The van der Waals surface area contributed by atoms with E-state index in [0.717, 1.165) is 24.8 Å². The molecule has 0 aromatic rings. The molecule has 0 heterocycles. The van der Waals surface area contributed by atoms with E-state index in [-0.39, 0.29) is 0 Å². The maximum absolute atomic E-state index is 11.3. The summed E-state index contributed by atoms with van der Waals surface area (Å²) < 4.78 is 0. The summed E-state index contributed by atoms with van der Waals surface area (Å²) in [6, 6.07) is 0. The average Bonchev–Trinajstić information content (AvgIpc) is 2.11. The molecule has 2 heteroatoms. The highest BCUT2D eigenvalue weighted by molar-refractivity contribution is 5.74. The molecule has 82 valence electrons. The first-order valence-electron chi connectivity index (χ1n) is 5.36. The fourth-order valence-corrected chi connectivity index (χ4v) is 1.82. The highest BCUT2D eigenvalue weighted by atomic mass is 16.4. The third kappa shape index (κ3) is 3.52. The normalized spacial score (nSPS) is 14.8. The molecule has 0 saturated heterocycles. The molecule has 1 N–H and O–H groups in total. The lowest BCUT2D eigenvalue weighted by Crippen LogP contribution is -2.30. The molecular weight excluding hydrogens is 176 g/mol. The lowest BCUT2D eigenvalue weighted by Gasteiger charge is -2.28. The van der Waals surface area contributed by atoms with E-state index >= 15 is 0 Å². The lowest BCUT2D eigenvalue weighted by molar-refractivity contribution is -0.149. The summed E-state index contributed by atoms with van der Waals surface area (Å²) in [5.41, 5.74) is 0.396. The molecule has 0 fully saturated rings. The van der Waals surface area contributed by atoms with E-state index in [2.05, 4.69) is 13.5 Å². The average molecular weight is 198 g/mol. The summed E-state index contributed by atoms with van der Waals surface area (Å²) in [7, 11) is 0. The molecule has 0 aliphatic carbocycles. The van der Waals surface area contributed by atoms with Crippen LogP contribution in [0.2, 0.25) is 0 Å². The van der Waals surface area contributed by atoms with E-state index in [1.165, 1.54) is 0 Å².